The molecular weight excluding hydrogens is 360 g/mol. The van der Waals surface area contributed by atoms with Crippen molar-refractivity contribution < 1.29 is 23.8 Å². The highest BCUT2D eigenvalue weighted by Gasteiger charge is 2.23. The Kier molecular flexibility index (Phi) is 6.16. The van der Waals surface area contributed by atoms with Gasteiger partial charge >= 0.3 is 0 Å². The fourth-order valence-corrected chi connectivity index (χ4v) is 3.40. The van der Waals surface area contributed by atoms with Crippen molar-refractivity contribution in [1.82, 2.24) is 0 Å². The first kappa shape index (κ1) is 19.7. The average Bonchev–Trinajstić information content (AvgIpc) is 2.72. The second kappa shape index (κ2) is 8.75. The first-order valence-corrected chi connectivity index (χ1v) is 9.03. The molecule has 0 spiro atoms. The number of nitrogens with zero attached hydrogens (tertiary/aromatic N) is 1. The number of para-hydroxylation sites is 1. The molecule has 28 heavy (non-hydrogen) atoms. The molecule has 3 rings (SSSR count). The number of carbonyl (C=O) groups excluding carboxylic acids is 2. The molecule has 7 heteroatoms. The summed E-state index contributed by atoms with van der Waals surface area (Å²) in [5, 5.41) is 2.90. The molecule has 0 aliphatic carbocycles. The lowest BCUT2D eigenvalue weighted by atomic mass is 10.0. The standard InChI is InChI=1S/C21H24N2O5/c1-26-13-19(24)23-11-5-6-14-12-15(9-10-17(14)23)22-21(25)16-7-4-8-18(27-2)20(16)28-3/h4,7-10,12H,5-6,11,13H2,1-3H3,(H,22,25). The van der Waals surface area contributed by atoms with Crippen LogP contribution in [0.4, 0.5) is 11.4 Å². The number of carbonyl (C=O) groups is 2. The van der Waals surface area contributed by atoms with Crippen molar-refractivity contribution in [2.24, 2.45) is 0 Å². The van der Waals surface area contributed by atoms with Crippen LogP contribution in [0.15, 0.2) is 36.4 Å². The SMILES string of the molecule is COCC(=O)N1CCCc2cc(NC(=O)c3cccc(OC)c3OC)ccc21. The lowest BCUT2D eigenvalue weighted by molar-refractivity contribution is -0.122. The molecule has 0 atom stereocenters. The highest BCUT2D eigenvalue weighted by Crippen LogP contribution is 2.33. The predicted molar refractivity (Wildman–Crippen MR) is 106 cm³/mol. The second-order valence-electron chi connectivity index (χ2n) is 6.42. The van der Waals surface area contributed by atoms with Gasteiger partial charge in [0.05, 0.1) is 19.8 Å². The van der Waals surface area contributed by atoms with Crippen molar-refractivity contribution >= 4 is 23.2 Å². The summed E-state index contributed by atoms with van der Waals surface area (Å²) >= 11 is 0. The van der Waals surface area contributed by atoms with Crippen molar-refractivity contribution in [3.05, 3.63) is 47.5 Å². The first-order chi connectivity index (χ1) is 13.6. The van der Waals surface area contributed by atoms with Gasteiger partial charge in [0, 0.05) is 25.0 Å². The Morgan fingerprint density at radius 2 is 1.93 bits per heavy atom. The van der Waals surface area contributed by atoms with E-state index < -0.39 is 0 Å². The normalized spacial score (nSPS) is 12.9. The second-order valence-corrected chi connectivity index (χ2v) is 6.42. The molecule has 1 heterocycles. The van der Waals surface area contributed by atoms with Crippen LogP contribution in [0.25, 0.3) is 0 Å². The minimum atomic E-state index is -0.293. The summed E-state index contributed by atoms with van der Waals surface area (Å²) in [4.78, 5) is 26.7. The number of fused-ring (bicyclic) bond motifs is 1. The van der Waals surface area contributed by atoms with E-state index in [0.717, 1.165) is 24.1 Å². The number of ether oxygens (including phenoxy) is 3. The summed E-state index contributed by atoms with van der Waals surface area (Å²) < 4.78 is 15.6. The van der Waals surface area contributed by atoms with Crippen LogP contribution in [-0.2, 0) is 16.0 Å². The van der Waals surface area contributed by atoms with Crippen molar-refractivity contribution in [3.8, 4) is 11.5 Å². The largest absolute Gasteiger partial charge is 0.493 e. The van der Waals surface area contributed by atoms with Crippen molar-refractivity contribution in [2.45, 2.75) is 12.8 Å². The molecule has 1 aliphatic rings. The van der Waals surface area contributed by atoms with Crippen LogP contribution in [0.1, 0.15) is 22.3 Å². The minimum absolute atomic E-state index is 0.0492. The molecule has 2 aromatic carbocycles. The van der Waals surface area contributed by atoms with E-state index in [-0.39, 0.29) is 18.4 Å². The lowest BCUT2D eigenvalue weighted by Crippen LogP contribution is -2.37. The molecule has 0 radical (unpaired) electrons. The van der Waals surface area contributed by atoms with Gasteiger partial charge in [-0.05, 0) is 48.7 Å². The lowest BCUT2D eigenvalue weighted by Gasteiger charge is -2.29. The maximum atomic E-state index is 12.8. The fourth-order valence-electron chi connectivity index (χ4n) is 3.40. The average molecular weight is 384 g/mol. The van der Waals surface area contributed by atoms with E-state index in [9.17, 15) is 9.59 Å². The minimum Gasteiger partial charge on any atom is -0.493 e. The molecule has 1 N–H and O–H groups in total. The summed E-state index contributed by atoms with van der Waals surface area (Å²) in [5.41, 5.74) is 2.93. The zero-order valence-electron chi connectivity index (χ0n) is 16.3. The maximum absolute atomic E-state index is 12.8. The van der Waals surface area contributed by atoms with Gasteiger partial charge in [-0.1, -0.05) is 6.07 Å². The number of anilines is 2. The van der Waals surface area contributed by atoms with Gasteiger partial charge in [-0.25, -0.2) is 0 Å². The molecule has 0 bridgehead atoms. The summed E-state index contributed by atoms with van der Waals surface area (Å²) in [5.74, 6) is 0.518. The van der Waals surface area contributed by atoms with E-state index in [1.54, 1.807) is 29.2 Å². The number of hydrogen-bond donors (Lipinski definition) is 1. The molecule has 1 aliphatic heterocycles. The molecule has 0 aromatic heterocycles. The van der Waals surface area contributed by atoms with Crippen LogP contribution < -0.4 is 19.7 Å². The monoisotopic (exact) mass is 384 g/mol. The van der Waals surface area contributed by atoms with Gasteiger partial charge in [0.2, 0.25) is 0 Å². The summed E-state index contributed by atoms with van der Waals surface area (Å²) in [6.45, 7) is 0.718. The Morgan fingerprint density at radius 3 is 2.64 bits per heavy atom. The highest BCUT2D eigenvalue weighted by atomic mass is 16.5. The smallest absolute Gasteiger partial charge is 0.259 e. The molecule has 0 fully saturated rings. The summed E-state index contributed by atoms with van der Waals surface area (Å²) in [6, 6.07) is 10.7. The van der Waals surface area contributed by atoms with Crippen molar-refractivity contribution in [2.75, 3.05) is 44.7 Å². The van der Waals surface area contributed by atoms with Crippen LogP contribution in [0, 0.1) is 0 Å². The van der Waals surface area contributed by atoms with Crippen LogP contribution >= 0.6 is 0 Å². The third kappa shape index (κ3) is 3.94. The number of nitrogens with one attached hydrogen (secondary N) is 1. The number of aryl methyl sites for hydroxylation is 1. The topological polar surface area (TPSA) is 77.1 Å². The third-order valence-corrected chi connectivity index (χ3v) is 4.67. The zero-order valence-corrected chi connectivity index (χ0v) is 16.3. The quantitative estimate of drug-likeness (QED) is 0.829. The van der Waals surface area contributed by atoms with Crippen molar-refractivity contribution in [3.63, 3.8) is 0 Å². The number of benzene rings is 2. The zero-order chi connectivity index (χ0) is 20.1. The van der Waals surface area contributed by atoms with E-state index in [1.807, 2.05) is 12.1 Å². The number of rotatable bonds is 6. The molecule has 7 nitrogen and oxygen atoms in total. The fraction of sp³-hybridized carbons (Fsp3) is 0.333. The molecule has 0 saturated heterocycles. The van der Waals surface area contributed by atoms with Gasteiger partial charge in [-0.15, -0.1) is 0 Å². The van der Waals surface area contributed by atoms with E-state index >= 15 is 0 Å². The van der Waals surface area contributed by atoms with Crippen LogP contribution in [0.2, 0.25) is 0 Å². The number of amides is 2. The van der Waals surface area contributed by atoms with Gasteiger partial charge in [-0.2, -0.15) is 0 Å². The Labute approximate surface area is 164 Å². The Hall–Kier alpha value is -3.06. The van der Waals surface area contributed by atoms with Gasteiger partial charge in [0.15, 0.2) is 11.5 Å². The summed E-state index contributed by atoms with van der Waals surface area (Å²) in [7, 11) is 4.53. The van der Waals surface area contributed by atoms with Crippen molar-refractivity contribution in [1.29, 1.82) is 0 Å². The Balaban J connectivity index is 1.83. The number of hydrogen-bond acceptors (Lipinski definition) is 5. The number of methoxy groups -OCH3 is 3. The van der Waals surface area contributed by atoms with Gasteiger partial charge < -0.3 is 24.4 Å². The highest BCUT2D eigenvalue weighted by molar-refractivity contribution is 6.07. The maximum Gasteiger partial charge on any atom is 0.259 e. The van der Waals surface area contributed by atoms with E-state index in [4.69, 9.17) is 14.2 Å². The molecule has 0 unspecified atom stereocenters. The van der Waals surface area contributed by atoms with Crippen LogP contribution in [-0.4, -0.2) is 46.3 Å². The first-order valence-electron chi connectivity index (χ1n) is 9.03. The van der Waals surface area contributed by atoms with E-state index in [1.165, 1.54) is 21.3 Å². The third-order valence-electron chi connectivity index (χ3n) is 4.67. The summed E-state index contributed by atoms with van der Waals surface area (Å²) in [6.07, 6.45) is 1.71. The van der Waals surface area contributed by atoms with Gasteiger partial charge in [0.25, 0.3) is 11.8 Å². The Morgan fingerprint density at radius 1 is 1.11 bits per heavy atom. The van der Waals surface area contributed by atoms with Gasteiger partial charge in [-0.3, -0.25) is 9.59 Å². The van der Waals surface area contributed by atoms with Crippen LogP contribution in [0.3, 0.4) is 0 Å². The van der Waals surface area contributed by atoms with Gasteiger partial charge in [0.1, 0.15) is 6.61 Å². The van der Waals surface area contributed by atoms with Crippen LogP contribution in [0.5, 0.6) is 11.5 Å². The molecule has 2 amide bonds. The van der Waals surface area contributed by atoms with E-state index in [2.05, 4.69) is 5.32 Å². The molecule has 148 valence electrons. The predicted octanol–water partition coefficient (Wildman–Crippen LogP) is 2.88. The molecular formula is C21H24N2O5. The Bertz CT molecular complexity index is 881. The molecule has 2 aromatic rings. The molecule has 0 saturated carbocycles. The van der Waals surface area contributed by atoms with E-state index in [0.29, 0.717) is 29.3 Å².